The maximum absolute atomic E-state index is 12.6. The summed E-state index contributed by atoms with van der Waals surface area (Å²) in [6, 6.07) is 4.99. The molecule has 1 atom stereocenters. The molecule has 0 radical (unpaired) electrons. The Kier molecular flexibility index (Phi) is 5.13. The second kappa shape index (κ2) is 7.50. The van der Waals surface area contributed by atoms with E-state index >= 15 is 0 Å². The van der Waals surface area contributed by atoms with Crippen molar-refractivity contribution < 1.29 is 23.8 Å². The van der Waals surface area contributed by atoms with Gasteiger partial charge in [0.25, 0.3) is 11.5 Å². The van der Waals surface area contributed by atoms with Crippen LogP contribution in [0.25, 0.3) is 11.1 Å². The number of fused-ring (bicyclic) bond motifs is 1. The summed E-state index contributed by atoms with van der Waals surface area (Å²) in [5, 5.41) is 13.2. The largest absolute Gasteiger partial charge is 0.497 e. The standard InChI is InChI=1S/C18H19N3O6/c1-9-14(15-17(24)20-8-21-18(15)27-9)16(23)19-7-12(22)11-6-10(25-2)4-5-13(11)26-3/h4-6,8,12,22H,7H2,1-3H3,(H,19,23)(H,20,21,24). The topological polar surface area (TPSA) is 127 Å². The highest BCUT2D eigenvalue weighted by Gasteiger charge is 2.23. The van der Waals surface area contributed by atoms with Crippen molar-refractivity contribution >= 4 is 17.0 Å². The van der Waals surface area contributed by atoms with Gasteiger partial charge in [0.1, 0.15) is 28.7 Å². The maximum atomic E-state index is 12.6. The van der Waals surface area contributed by atoms with Gasteiger partial charge in [0.05, 0.1) is 26.1 Å². The zero-order chi connectivity index (χ0) is 19.6. The van der Waals surface area contributed by atoms with Gasteiger partial charge in [-0.15, -0.1) is 0 Å². The minimum atomic E-state index is -1.05. The Balaban J connectivity index is 1.83. The van der Waals surface area contributed by atoms with E-state index in [1.165, 1.54) is 20.5 Å². The van der Waals surface area contributed by atoms with Crippen molar-refractivity contribution in [2.75, 3.05) is 20.8 Å². The summed E-state index contributed by atoms with van der Waals surface area (Å²) in [5.74, 6) is 0.722. The molecule has 9 nitrogen and oxygen atoms in total. The van der Waals surface area contributed by atoms with Gasteiger partial charge >= 0.3 is 0 Å². The molecule has 1 amide bonds. The Bertz CT molecular complexity index is 1040. The normalized spacial score (nSPS) is 12.0. The summed E-state index contributed by atoms with van der Waals surface area (Å²) in [5.41, 5.74) is 0.156. The van der Waals surface area contributed by atoms with Crippen LogP contribution >= 0.6 is 0 Å². The van der Waals surface area contributed by atoms with Crippen LogP contribution in [-0.4, -0.2) is 41.7 Å². The van der Waals surface area contributed by atoms with E-state index in [1.807, 2.05) is 0 Å². The Hall–Kier alpha value is -3.33. The van der Waals surface area contributed by atoms with E-state index in [0.29, 0.717) is 17.1 Å². The molecule has 0 fully saturated rings. The summed E-state index contributed by atoms with van der Waals surface area (Å²) >= 11 is 0. The number of hydrogen-bond donors (Lipinski definition) is 3. The van der Waals surface area contributed by atoms with E-state index in [0.717, 1.165) is 0 Å². The second-order valence-corrected chi connectivity index (χ2v) is 5.78. The number of aromatic amines is 1. The third-order valence-electron chi connectivity index (χ3n) is 4.15. The van der Waals surface area contributed by atoms with Gasteiger partial charge < -0.3 is 29.3 Å². The number of amides is 1. The van der Waals surface area contributed by atoms with Crippen LogP contribution in [0.5, 0.6) is 11.5 Å². The Morgan fingerprint density at radius 1 is 1.37 bits per heavy atom. The summed E-state index contributed by atoms with van der Waals surface area (Å²) in [6.45, 7) is 1.46. The van der Waals surface area contributed by atoms with Crippen molar-refractivity contribution in [2.24, 2.45) is 0 Å². The number of methoxy groups -OCH3 is 2. The quantitative estimate of drug-likeness (QED) is 0.594. The number of hydrogen-bond acceptors (Lipinski definition) is 7. The molecule has 0 saturated heterocycles. The molecule has 0 saturated carbocycles. The molecule has 27 heavy (non-hydrogen) atoms. The molecule has 0 aliphatic carbocycles. The number of aliphatic hydroxyl groups is 1. The fraction of sp³-hybridized carbons (Fsp3) is 0.278. The number of carbonyl (C=O) groups excluding carboxylic acids is 1. The van der Waals surface area contributed by atoms with E-state index < -0.39 is 17.6 Å². The molecule has 142 valence electrons. The molecule has 0 aliphatic heterocycles. The Labute approximate surface area is 153 Å². The fourth-order valence-corrected chi connectivity index (χ4v) is 2.81. The first-order chi connectivity index (χ1) is 13.0. The number of carbonyl (C=O) groups is 1. The van der Waals surface area contributed by atoms with E-state index in [2.05, 4.69) is 15.3 Å². The second-order valence-electron chi connectivity index (χ2n) is 5.78. The molecular weight excluding hydrogens is 354 g/mol. The molecule has 0 bridgehead atoms. The third-order valence-corrected chi connectivity index (χ3v) is 4.15. The molecule has 1 aromatic carbocycles. The van der Waals surface area contributed by atoms with Crippen LogP contribution in [-0.2, 0) is 0 Å². The van der Waals surface area contributed by atoms with Gasteiger partial charge in [0, 0.05) is 12.1 Å². The molecule has 0 spiro atoms. The molecule has 1 unspecified atom stereocenters. The number of aryl methyl sites for hydroxylation is 1. The third kappa shape index (κ3) is 3.49. The molecule has 0 aliphatic rings. The van der Waals surface area contributed by atoms with Crippen LogP contribution in [0.2, 0.25) is 0 Å². The van der Waals surface area contributed by atoms with Crippen molar-refractivity contribution in [3.05, 3.63) is 51.8 Å². The fourth-order valence-electron chi connectivity index (χ4n) is 2.81. The number of rotatable bonds is 6. The first kappa shape index (κ1) is 18.5. The molecule has 3 N–H and O–H groups in total. The number of nitrogens with one attached hydrogen (secondary N) is 2. The zero-order valence-corrected chi connectivity index (χ0v) is 15.0. The predicted molar refractivity (Wildman–Crippen MR) is 96.2 cm³/mol. The highest BCUT2D eigenvalue weighted by molar-refractivity contribution is 6.06. The average Bonchev–Trinajstić information content (AvgIpc) is 3.02. The van der Waals surface area contributed by atoms with Gasteiger partial charge in [-0.3, -0.25) is 9.59 Å². The highest BCUT2D eigenvalue weighted by atomic mass is 16.5. The summed E-state index contributed by atoms with van der Waals surface area (Å²) in [4.78, 5) is 30.9. The summed E-state index contributed by atoms with van der Waals surface area (Å²) < 4.78 is 15.8. The number of H-pyrrole nitrogens is 1. The lowest BCUT2D eigenvalue weighted by atomic mass is 10.1. The molecule has 3 aromatic rings. The monoisotopic (exact) mass is 373 g/mol. The van der Waals surface area contributed by atoms with Crippen molar-refractivity contribution in [1.29, 1.82) is 0 Å². The van der Waals surface area contributed by atoms with E-state index in [-0.39, 0.29) is 29.0 Å². The number of aromatic nitrogens is 2. The van der Waals surface area contributed by atoms with Gasteiger partial charge in [-0.25, -0.2) is 4.98 Å². The number of benzene rings is 1. The van der Waals surface area contributed by atoms with E-state index in [9.17, 15) is 14.7 Å². The Morgan fingerprint density at radius 3 is 2.85 bits per heavy atom. The summed E-state index contributed by atoms with van der Waals surface area (Å²) in [7, 11) is 2.99. The molecular formula is C18H19N3O6. The lowest BCUT2D eigenvalue weighted by Gasteiger charge is -2.16. The molecule has 3 rings (SSSR count). The van der Waals surface area contributed by atoms with Gasteiger partial charge in [-0.1, -0.05) is 0 Å². The van der Waals surface area contributed by atoms with Gasteiger partial charge in [0.15, 0.2) is 0 Å². The SMILES string of the molecule is COc1ccc(OC)c(C(O)CNC(=O)c2c(C)oc3nc[nH]c(=O)c23)c1. The molecule has 9 heteroatoms. The number of aliphatic hydroxyl groups excluding tert-OH is 1. The lowest BCUT2D eigenvalue weighted by Crippen LogP contribution is -2.29. The van der Waals surface area contributed by atoms with Crippen LogP contribution in [0.4, 0.5) is 0 Å². The van der Waals surface area contributed by atoms with E-state index in [1.54, 1.807) is 25.1 Å². The minimum Gasteiger partial charge on any atom is -0.497 e. The number of ether oxygens (including phenoxy) is 2. The Morgan fingerprint density at radius 2 is 2.15 bits per heavy atom. The maximum Gasteiger partial charge on any atom is 0.262 e. The van der Waals surface area contributed by atoms with Crippen LogP contribution in [0.15, 0.2) is 33.7 Å². The van der Waals surface area contributed by atoms with Crippen LogP contribution in [0, 0.1) is 6.92 Å². The minimum absolute atomic E-state index is 0.0703. The van der Waals surface area contributed by atoms with E-state index in [4.69, 9.17) is 13.9 Å². The first-order valence-electron chi connectivity index (χ1n) is 8.11. The van der Waals surface area contributed by atoms with Crippen molar-refractivity contribution in [3.63, 3.8) is 0 Å². The smallest absolute Gasteiger partial charge is 0.262 e. The highest BCUT2D eigenvalue weighted by Crippen LogP contribution is 2.29. The first-order valence-corrected chi connectivity index (χ1v) is 8.11. The van der Waals surface area contributed by atoms with Crippen LogP contribution < -0.4 is 20.3 Å². The van der Waals surface area contributed by atoms with Gasteiger partial charge in [0.2, 0.25) is 5.71 Å². The summed E-state index contributed by atoms with van der Waals surface area (Å²) in [6.07, 6.45) is 0.155. The van der Waals surface area contributed by atoms with Gasteiger partial charge in [-0.2, -0.15) is 0 Å². The molecule has 2 aromatic heterocycles. The van der Waals surface area contributed by atoms with Crippen LogP contribution in [0.1, 0.15) is 27.8 Å². The van der Waals surface area contributed by atoms with Gasteiger partial charge in [-0.05, 0) is 25.1 Å². The van der Waals surface area contributed by atoms with Crippen molar-refractivity contribution in [2.45, 2.75) is 13.0 Å². The lowest BCUT2D eigenvalue weighted by molar-refractivity contribution is 0.0914. The van der Waals surface area contributed by atoms with Crippen molar-refractivity contribution in [1.82, 2.24) is 15.3 Å². The predicted octanol–water partition coefficient (Wildman–Crippen LogP) is 1.31. The zero-order valence-electron chi connectivity index (χ0n) is 15.0. The molecule has 2 heterocycles. The number of nitrogens with zero attached hydrogens (tertiary/aromatic N) is 1. The average molecular weight is 373 g/mol. The van der Waals surface area contributed by atoms with Crippen LogP contribution in [0.3, 0.4) is 0 Å². The van der Waals surface area contributed by atoms with Crippen molar-refractivity contribution in [3.8, 4) is 11.5 Å². The number of furan rings is 1.